The van der Waals surface area contributed by atoms with Crippen LogP contribution in [-0.4, -0.2) is 69.3 Å². The number of aromatic hydroxyl groups is 1. The lowest BCUT2D eigenvalue weighted by Gasteiger charge is -2.21. The van der Waals surface area contributed by atoms with Gasteiger partial charge in [-0.05, 0) is 65.4 Å². The fourth-order valence-electron chi connectivity index (χ4n) is 4.44. The first-order valence-corrected chi connectivity index (χ1v) is 15.8. The smallest absolute Gasteiger partial charge is 0.490 e. The van der Waals surface area contributed by atoms with Gasteiger partial charge < -0.3 is 37.0 Å². The molecule has 4 aromatic rings. The van der Waals surface area contributed by atoms with Crippen LogP contribution in [0.3, 0.4) is 0 Å². The van der Waals surface area contributed by atoms with Crippen LogP contribution < -0.4 is 21.7 Å². The minimum atomic E-state index is -5.08. The molecular formula is C36H37F6N5O7. The van der Waals surface area contributed by atoms with E-state index in [4.69, 9.17) is 30.9 Å². The third kappa shape index (κ3) is 15.6. The van der Waals surface area contributed by atoms with E-state index in [1.165, 1.54) is 0 Å². The summed E-state index contributed by atoms with van der Waals surface area (Å²) in [6.45, 7) is 2.44. The molecule has 2 amide bonds. The lowest BCUT2D eigenvalue weighted by Crippen LogP contribution is -2.51. The van der Waals surface area contributed by atoms with Crippen LogP contribution in [0.15, 0.2) is 91.0 Å². The summed E-state index contributed by atoms with van der Waals surface area (Å²) >= 11 is 0. The number of hydrogen-bond acceptors (Lipinski definition) is 7. The van der Waals surface area contributed by atoms with Gasteiger partial charge in [0.05, 0.1) is 6.04 Å². The molecule has 0 saturated heterocycles. The number of nitrogens with one attached hydrogen (secondary N) is 4. The van der Waals surface area contributed by atoms with Gasteiger partial charge in [0.25, 0.3) is 0 Å². The highest BCUT2D eigenvalue weighted by molar-refractivity contribution is 5.95. The van der Waals surface area contributed by atoms with Crippen LogP contribution in [0.1, 0.15) is 35.6 Å². The number of phenolic OH excluding ortho intramolecular Hbond substituents is 1. The lowest BCUT2D eigenvalue weighted by atomic mass is 10.0. The predicted octanol–water partition coefficient (Wildman–Crippen LogP) is 5.01. The second kappa shape index (κ2) is 20.2. The average Bonchev–Trinajstić information content (AvgIpc) is 3.10. The Labute approximate surface area is 304 Å². The average molecular weight is 766 g/mol. The van der Waals surface area contributed by atoms with E-state index >= 15 is 0 Å². The molecule has 2 atom stereocenters. The maximum Gasteiger partial charge on any atom is 0.490 e. The van der Waals surface area contributed by atoms with E-state index < -0.39 is 36.4 Å². The summed E-state index contributed by atoms with van der Waals surface area (Å²) < 4.78 is 63.5. The Balaban J connectivity index is 0.000000610. The number of nitrogens with two attached hydrogens (primary N) is 1. The number of alkyl halides is 6. The molecule has 0 bridgehead atoms. The number of aryl methyl sites for hydroxylation is 1. The zero-order valence-electron chi connectivity index (χ0n) is 28.5. The normalized spacial score (nSPS) is 12.1. The molecule has 0 fully saturated rings. The minimum absolute atomic E-state index is 0.0109. The number of amides is 2. The second-order valence-electron chi connectivity index (χ2n) is 11.5. The Morgan fingerprint density at radius 1 is 0.722 bits per heavy atom. The number of carboxylic acids is 2. The van der Waals surface area contributed by atoms with Gasteiger partial charge in [-0.3, -0.25) is 15.0 Å². The molecule has 54 heavy (non-hydrogen) atoms. The van der Waals surface area contributed by atoms with Gasteiger partial charge >= 0.3 is 24.3 Å². The third-order valence-corrected chi connectivity index (χ3v) is 7.29. The fourth-order valence-corrected chi connectivity index (χ4v) is 4.44. The number of hydrogen-bond donors (Lipinski definition) is 8. The Morgan fingerprint density at radius 2 is 1.24 bits per heavy atom. The number of nitrogen functional groups attached to an aromatic ring is 1. The highest BCUT2D eigenvalue weighted by Crippen LogP contribution is 2.21. The van der Waals surface area contributed by atoms with Crippen LogP contribution in [0.25, 0.3) is 10.8 Å². The number of amidine groups is 1. The van der Waals surface area contributed by atoms with Gasteiger partial charge in [0, 0.05) is 18.7 Å². The quantitative estimate of drug-likeness (QED) is 0.0552. The lowest BCUT2D eigenvalue weighted by molar-refractivity contribution is -0.193. The van der Waals surface area contributed by atoms with Gasteiger partial charge in [-0.1, -0.05) is 72.8 Å². The molecule has 9 N–H and O–H groups in total. The monoisotopic (exact) mass is 765 g/mol. The van der Waals surface area contributed by atoms with Crippen molar-refractivity contribution in [3.63, 3.8) is 0 Å². The summed E-state index contributed by atoms with van der Waals surface area (Å²) in [6.07, 6.45) is -8.89. The summed E-state index contributed by atoms with van der Waals surface area (Å²) in [5, 5.41) is 42.5. The predicted molar refractivity (Wildman–Crippen MR) is 185 cm³/mol. The number of rotatable bonds is 12. The van der Waals surface area contributed by atoms with Crippen molar-refractivity contribution in [2.45, 2.75) is 57.3 Å². The van der Waals surface area contributed by atoms with E-state index in [1.807, 2.05) is 54.6 Å². The van der Waals surface area contributed by atoms with Crippen LogP contribution in [-0.2, 0) is 38.7 Å². The molecule has 12 nitrogen and oxygen atoms in total. The second-order valence-corrected chi connectivity index (χ2v) is 11.5. The number of halogens is 6. The first-order chi connectivity index (χ1) is 25.2. The van der Waals surface area contributed by atoms with Crippen molar-refractivity contribution in [3.05, 3.63) is 113 Å². The van der Waals surface area contributed by atoms with E-state index in [2.05, 4.69) is 16.0 Å². The van der Waals surface area contributed by atoms with Crippen molar-refractivity contribution < 1.29 is 60.8 Å². The number of aliphatic carboxylic acids is 2. The highest BCUT2D eigenvalue weighted by Gasteiger charge is 2.38. The molecule has 0 heterocycles. The maximum absolute atomic E-state index is 13.3. The van der Waals surface area contributed by atoms with Crippen LogP contribution in [0.5, 0.6) is 5.75 Å². The standard InChI is InChI=1S/C32H35N5O3.2C2HF3O2/c1-21(31(39)36-19-23-7-11-25(12-8-23)30(33)34)37-32(40)29(16-10-22-5-3-2-4-6-22)35-20-24-9-13-27-18-28(38)15-14-26(27)17-24;2*3-2(4,5)1(6)7/h2-9,11-15,17-18,21,29,35,38H,10,16,19-20H2,1H3,(H3,33,34)(H,36,39)(H,37,40);2*(H,6,7)/t21-,29+;;/m0../s1. The summed E-state index contributed by atoms with van der Waals surface area (Å²) in [6, 6.07) is 27.0. The Kier molecular flexibility index (Phi) is 16.4. The molecule has 4 aromatic carbocycles. The number of phenols is 1. The molecule has 0 aliphatic heterocycles. The summed E-state index contributed by atoms with van der Waals surface area (Å²) in [4.78, 5) is 43.8. The highest BCUT2D eigenvalue weighted by atomic mass is 19.4. The molecule has 4 rings (SSSR count). The van der Waals surface area contributed by atoms with Crippen molar-refractivity contribution in [1.29, 1.82) is 5.41 Å². The van der Waals surface area contributed by atoms with E-state index in [0.717, 1.165) is 27.5 Å². The zero-order chi connectivity index (χ0) is 40.6. The Bertz CT molecular complexity index is 1870. The number of benzene rings is 4. The first kappa shape index (κ1) is 44.0. The fraction of sp³-hybridized carbons (Fsp3) is 0.250. The number of carbonyl (C=O) groups excluding carboxylic acids is 2. The van der Waals surface area contributed by atoms with E-state index in [1.54, 1.807) is 43.3 Å². The van der Waals surface area contributed by atoms with E-state index in [0.29, 0.717) is 31.5 Å². The van der Waals surface area contributed by atoms with Crippen molar-refractivity contribution in [2.75, 3.05) is 0 Å². The van der Waals surface area contributed by atoms with Gasteiger partial charge in [0.1, 0.15) is 17.6 Å². The summed E-state index contributed by atoms with van der Waals surface area (Å²) in [5.74, 6) is -5.83. The van der Waals surface area contributed by atoms with Crippen molar-refractivity contribution in [3.8, 4) is 5.75 Å². The number of carboxylic acid groups (broad SMARTS) is 2. The Morgan fingerprint density at radius 3 is 1.78 bits per heavy atom. The molecule has 0 unspecified atom stereocenters. The van der Waals surface area contributed by atoms with Gasteiger partial charge in [0.2, 0.25) is 11.8 Å². The Hall–Kier alpha value is -6.17. The topological polar surface area (TPSA) is 215 Å². The molecule has 0 saturated carbocycles. The van der Waals surface area contributed by atoms with Crippen LogP contribution in [0.2, 0.25) is 0 Å². The SMILES string of the molecule is C[C@H](NC(=O)[C@@H](CCc1ccccc1)NCc1ccc2cc(O)ccc2c1)C(=O)NCc1ccc(C(=N)N)cc1.O=C(O)C(F)(F)F.O=C(O)C(F)(F)F. The number of fused-ring (bicyclic) bond motifs is 1. The molecule has 0 spiro atoms. The third-order valence-electron chi connectivity index (χ3n) is 7.29. The van der Waals surface area contributed by atoms with Gasteiger partial charge in [0.15, 0.2) is 0 Å². The molecular weight excluding hydrogens is 728 g/mol. The molecule has 0 aliphatic carbocycles. The minimum Gasteiger partial charge on any atom is -0.508 e. The van der Waals surface area contributed by atoms with E-state index in [-0.39, 0.29) is 23.4 Å². The van der Waals surface area contributed by atoms with Gasteiger partial charge in [-0.25, -0.2) is 9.59 Å². The van der Waals surface area contributed by atoms with Gasteiger partial charge in [-0.2, -0.15) is 26.3 Å². The first-order valence-electron chi connectivity index (χ1n) is 15.8. The van der Waals surface area contributed by atoms with Crippen molar-refractivity contribution in [1.82, 2.24) is 16.0 Å². The molecule has 290 valence electrons. The van der Waals surface area contributed by atoms with Crippen molar-refractivity contribution in [2.24, 2.45) is 5.73 Å². The molecule has 0 aliphatic rings. The summed E-state index contributed by atoms with van der Waals surface area (Å²) in [5.41, 5.74) is 9.12. The van der Waals surface area contributed by atoms with E-state index in [9.17, 15) is 41.0 Å². The van der Waals surface area contributed by atoms with Crippen LogP contribution in [0, 0.1) is 5.41 Å². The largest absolute Gasteiger partial charge is 0.508 e. The molecule has 0 aromatic heterocycles. The number of carbonyl (C=O) groups is 4. The van der Waals surface area contributed by atoms with Crippen LogP contribution >= 0.6 is 0 Å². The summed E-state index contributed by atoms with van der Waals surface area (Å²) in [7, 11) is 0. The van der Waals surface area contributed by atoms with Crippen molar-refractivity contribution >= 4 is 40.4 Å². The molecule has 18 heteroatoms. The van der Waals surface area contributed by atoms with Crippen LogP contribution in [0.4, 0.5) is 26.3 Å². The zero-order valence-corrected chi connectivity index (χ0v) is 28.5. The maximum atomic E-state index is 13.3. The molecule has 0 radical (unpaired) electrons. The van der Waals surface area contributed by atoms with Gasteiger partial charge in [-0.15, -0.1) is 0 Å².